The molecule has 0 bridgehead atoms. The topological polar surface area (TPSA) is 62.2 Å². The van der Waals surface area contributed by atoms with E-state index >= 15 is 0 Å². The zero-order chi connectivity index (χ0) is 15.4. The van der Waals surface area contributed by atoms with Gasteiger partial charge in [-0.15, -0.1) is 11.3 Å². The third-order valence-electron chi connectivity index (χ3n) is 3.96. The molecule has 1 heterocycles. The van der Waals surface area contributed by atoms with Crippen LogP contribution in [-0.2, 0) is 24.1 Å². The van der Waals surface area contributed by atoms with Crippen LogP contribution < -0.4 is 5.32 Å². The SMILES string of the molecule is O=C(CCc1ccccc1O)Nc1nc2c(s1)CCCCC2. The fourth-order valence-corrected chi connectivity index (χ4v) is 3.80. The van der Waals surface area contributed by atoms with Crippen molar-refractivity contribution >= 4 is 22.4 Å². The zero-order valence-corrected chi connectivity index (χ0v) is 13.3. The van der Waals surface area contributed by atoms with Gasteiger partial charge in [0, 0.05) is 11.3 Å². The molecule has 0 unspecified atom stereocenters. The first-order valence-corrected chi connectivity index (χ1v) is 8.59. The van der Waals surface area contributed by atoms with Crippen molar-refractivity contribution in [3.05, 3.63) is 40.4 Å². The lowest BCUT2D eigenvalue weighted by Crippen LogP contribution is -2.12. The van der Waals surface area contributed by atoms with Gasteiger partial charge < -0.3 is 10.4 Å². The summed E-state index contributed by atoms with van der Waals surface area (Å²) in [7, 11) is 0. The highest BCUT2D eigenvalue weighted by Gasteiger charge is 2.15. The Morgan fingerprint density at radius 1 is 1.23 bits per heavy atom. The summed E-state index contributed by atoms with van der Waals surface area (Å²) in [4.78, 5) is 17.9. The van der Waals surface area contributed by atoms with Crippen molar-refractivity contribution < 1.29 is 9.90 Å². The second-order valence-electron chi connectivity index (χ2n) is 5.63. The molecular weight excluding hydrogens is 296 g/mol. The van der Waals surface area contributed by atoms with Gasteiger partial charge in [-0.2, -0.15) is 0 Å². The van der Waals surface area contributed by atoms with Crippen LogP contribution in [0.5, 0.6) is 5.75 Å². The van der Waals surface area contributed by atoms with E-state index in [0.29, 0.717) is 18.0 Å². The first-order valence-electron chi connectivity index (χ1n) is 7.77. The third-order valence-corrected chi connectivity index (χ3v) is 5.03. The number of phenolic OH excluding ortho intramolecular Hbond substituents is 1. The molecule has 1 aromatic carbocycles. The van der Waals surface area contributed by atoms with E-state index in [0.717, 1.165) is 18.4 Å². The molecule has 3 rings (SSSR count). The molecule has 22 heavy (non-hydrogen) atoms. The van der Waals surface area contributed by atoms with Crippen molar-refractivity contribution in [2.45, 2.75) is 44.9 Å². The summed E-state index contributed by atoms with van der Waals surface area (Å²) in [5, 5.41) is 13.3. The Kier molecular flexibility index (Phi) is 4.73. The second-order valence-corrected chi connectivity index (χ2v) is 6.71. The number of carbonyl (C=O) groups is 1. The van der Waals surface area contributed by atoms with Crippen LogP contribution in [0.2, 0.25) is 0 Å². The van der Waals surface area contributed by atoms with Gasteiger partial charge in [0.05, 0.1) is 5.69 Å². The highest BCUT2D eigenvalue weighted by atomic mass is 32.1. The number of thiazole rings is 1. The van der Waals surface area contributed by atoms with Crippen LogP contribution in [0, 0.1) is 0 Å². The van der Waals surface area contributed by atoms with Crippen LogP contribution in [0.4, 0.5) is 5.13 Å². The third kappa shape index (κ3) is 3.65. The number of hydrogen-bond acceptors (Lipinski definition) is 4. The molecule has 0 aliphatic heterocycles. The Labute approximate surface area is 134 Å². The number of benzene rings is 1. The number of hydrogen-bond donors (Lipinski definition) is 2. The Balaban J connectivity index is 1.57. The Hall–Kier alpha value is -1.88. The maximum atomic E-state index is 12.1. The number of aromatic hydroxyl groups is 1. The lowest BCUT2D eigenvalue weighted by atomic mass is 10.1. The van der Waals surface area contributed by atoms with Crippen molar-refractivity contribution in [3.63, 3.8) is 0 Å². The Morgan fingerprint density at radius 2 is 2.05 bits per heavy atom. The van der Waals surface area contributed by atoms with E-state index in [2.05, 4.69) is 10.3 Å². The minimum absolute atomic E-state index is 0.0489. The molecule has 0 saturated carbocycles. The van der Waals surface area contributed by atoms with E-state index in [-0.39, 0.29) is 11.7 Å². The van der Waals surface area contributed by atoms with E-state index in [1.807, 2.05) is 12.1 Å². The first kappa shape index (κ1) is 15.0. The van der Waals surface area contributed by atoms with Crippen LogP contribution >= 0.6 is 11.3 Å². The molecule has 4 nitrogen and oxygen atoms in total. The molecule has 0 radical (unpaired) electrons. The molecule has 5 heteroatoms. The number of phenols is 1. The average Bonchev–Trinajstić information content (AvgIpc) is 2.75. The second kappa shape index (κ2) is 6.92. The molecule has 116 valence electrons. The van der Waals surface area contributed by atoms with E-state index < -0.39 is 0 Å². The maximum Gasteiger partial charge on any atom is 0.226 e. The molecule has 0 atom stereocenters. The number of aromatic nitrogens is 1. The number of rotatable bonds is 4. The predicted molar refractivity (Wildman–Crippen MR) is 88.4 cm³/mol. The number of nitrogens with zero attached hydrogens (tertiary/aromatic N) is 1. The number of amides is 1. The minimum atomic E-state index is -0.0489. The Bertz CT molecular complexity index is 643. The van der Waals surface area contributed by atoms with Gasteiger partial charge in [0.2, 0.25) is 5.91 Å². The smallest absolute Gasteiger partial charge is 0.226 e. The highest BCUT2D eigenvalue weighted by molar-refractivity contribution is 7.15. The van der Waals surface area contributed by atoms with Crippen molar-refractivity contribution in [1.29, 1.82) is 0 Å². The van der Waals surface area contributed by atoms with Gasteiger partial charge in [-0.05, 0) is 43.7 Å². The van der Waals surface area contributed by atoms with Crippen LogP contribution in [-0.4, -0.2) is 16.0 Å². The van der Waals surface area contributed by atoms with Gasteiger partial charge in [0.15, 0.2) is 5.13 Å². The summed E-state index contributed by atoms with van der Waals surface area (Å²) in [6.45, 7) is 0. The molecule has 1 aliphatic carbocycles. The van der Waals surface area contributed by atoms with Gasteiger partial charge in [-0.1, -0.05) is 24.6 Å². The summed E-state index contributed by atoms with van der Waals surface area (Å²) in [5.41, 5.74) is 1.96. The molecule has 1 aromatic heterocycles. The number of fused-ring (bicyclic) bond motifs is 1. The van der Waals surface area contributed by atoms with Gasteiger partial charge in [0.1, 0.15) is 5.75 Å². The van der Waals surface area contributed by atoms with Crippen LogP contribution in [0.15, 0.2) is 24.3 Å². The largest absolute Gasteiger partial charge is 0.508 e. The summed E-state index contributed by atoms with van der Waals surface area (Å²) in [5.74, 6) is 0.198. The molecular formula is C17H20N2O2S. The highest BCUT2D eigenvalue weighted by Crippen LogP contribution is 2.29. The van der Waals surface area contributed by atoms with Gasteiger partial charge in [-0.3, -0.25) is 4.79 Å². The van der Waals surface area contributed by atoms with E-state index in [1.54, 1.807) is 23.5 Å². The van der Waals surface area contributed by atoms with Gasteiger partial charge in [-0.25, -0.2) is 4.98 Å². The molecule has 2 aromatic rings. The monoisotopic (exact) mass is 316 g/mol. The lowest BCUT2D eigenvalue weighted by Gasteiger charge is -2.04. The van der Waals surface area contributed by atoms with Crippen LogP contribution in [0.1, 0.15) is 41.8 Å². The number of nitrogens with one attached hydrogen (secondary N) is 1. The fraction of sp³-hybridized carbons (Fsp3) is 0.412. The van der Waals surface area contributed by atoms with Crippen molar-refractivity contribution in [2.75, 3.05) is 5.32 Å². The standard InChI is InChI=1S/C17H20N2O2S/c20-14-8-5-4-6-12(14)10-11-16(21)19-17-18-13-7-2-1-3-9-15(13)22-17/h4-6,8,20H,1-3,7,9-11H2,(H,18,19,21). The zero-order valence-electron chi connectivity index (χ0n) is 12.5. The number of carbonyl (C=O) groups excluding carboxylic acids is 1. The van der Waals surface area contributed by atoms with Gasteiger partial charge in [0.25, 0.3) is 0 Å². The quantitative estimate of drug-likeness (QED) is 0.846. The predicted octanol–water partition coefficient (Wildman–Crippen LogP) is 3.69. The lowest BCUT2D eigenvalue weighted by molar-refractivity contribution is -0.116. The average molecular weight is 316 g/mol. The Morgan fingerprint density at radius 3 is 2.91 bits per heavy atom. The molecule has 0 saturated heterocycles. The van der Waals surface area contributed by atoms with Crippen molar-refractivity contribution in [2.24, 2.45) is 0 Å². The van der Waals surface area contributed by atoms with Crippen molar-refractivity contribution in [3.8, 4) is 5.75 Å². The summed E-state index contributed by atoms with van der Waals surface area (Å²) in [6, 6.07) is 7.13. The van der Waals surface area contributed by atoms with E-state index in [1.165, 1.54) is 29.8 Å². The minimum Gasteiger partial charge on any atom is -0.508 e. The van der Waals surface area contributed by atoms with Crippen molar-refractivity contribution in [1.82, 2.24) is 4.98 Å². The molecule has 1 aliphatic rings. The molecule has 0 fully saturated rings. The maximum absolute atomic E-state index is 12.1. The fourth-order valence-electron chi connectivity index (χ4n) is 2.73. The molecule has 0 spiro atoms. The van der Waals surface area contributed by atoms with E-state index in [9.17, 15) is 9.90 Å². The normalized spacial score (nSPS) is 14.2. The van der Waals surface area contributed by atoms with Crippen LogP contribution in [0.25, 0.3) is 0 Å². The number of aryl methyl sites for hydroxylation is 3. The van der Waals surface area contributed by atoms with Gasteiger partial charge >= 0.3 is 0 Å². The summed E-state index contributed by atoms with van der Waals surface area (Å²) in [6.07, 6.45) is 6.67. The summed E-state index contributed by atoms with van der Waals surface area (Å²) >= 11 is 1.61. The molecule has 2 N–H and O–H groups in total. The van der Waals surface area contributed by atoms with E-state index in [4.69, 9.17) is 0 Å². The summed E-state index contributed by atoms with van der Waals surface area (Å²) < 4.78 is 0. The number of para-hydroxylation sites is 1. The molecule has 1 amide bonds. The number of anilines is 1. The first-order chi connectivity index (χ1) is 10.7. The van der Waals surface area contributed by atoms with Crippen LogP contribution in [0.3, 0.4) is 0 Å².